The van der Waals surface area contributed by atoms with Gasteiger partial charge in [0.25, 0.3) is 0 Å². The van der Waals surface area contributed by atoms with Gasteiger partial charge in [-0.1, -0.05) is 60.1 Å². The predicted octanol–water partition coefficient (Wildman–Crippen LogP) is 3.91. The Morgan fingerprint density at radius 2 is 1.95 bits per heavy atom. The lowest BCUT2D eigenvalue weighted by atomic mass is 10.1. The lowest BCUT2D eigenvalue weighted by Gasteiger charge is -2.17. The van der Waals surface area contributed by atoms with Gasteiger partial charge in [-0.25, -0.2) is 0 Å². The number of oxime groups is 1. The average molecular weight is 305 g/mol. The standard InChI is InChI=1S/C16H17ClN2O2/c1-2-14(16(18)19-20)21-15-9-8-12(10-13(15)17)11-6-4-3-5-7-11/h3-10,14,20H,2H2,1H3,(H2,18,19). The zero-order valence-electron chi connectivity index (χ0n) is 11.7. The molecule has 0 saturated carbocycles. The summed E-state index contributed by atoms with van der Waals surface area (Å²) in [5.41, 5.74) is 7.66. The van der Waals surface area contributed by atoms with Crippen LogP contribution in [0.15, 0.2) is 53.7 Å². The molecule has 110 valence electrons. The molecule has 5 heteroatoms. The smallest absolute Gasteiger partial charge is 0.180 e. The molecule has 0 fully saturated rings. The van der Waals surface area contributed by atoms with Crippen LogP contribution in [0.2, 0.25) is 5.02 Å². The Kier molecular flexibility index (Phi) is 5.06. The van der Waals surface area contributed by atoms with Crippen molar-refractivity contribution < 1.29 is 9.94 Å². The Hall–Kier alpha value is -2.20. The van der Waals surface area contributed by atoms with Crippen molar-refractivity contribution in [2.24, 2.45) is 10.9 Å². The van der Waals surface area contributed by atoms with Gasteiger partial charge >= 0.3 is 0 Å². The summed E-state index contributed by atoms with van der Waals surface area (Å²) in [6.07, 6.45) is 0.0715. The molecular formula is C16H17ClN2O2. The van der Waals surface area contributed by atoms with Crippen molar-refractivity contribution in [1.82, 2.24) is 0 Å². The third-order valence-corrected chi connectivity index (χ3v) is 3.42. The van der Waals surface area contributed by atoms with E-state index in [9.17, 15) is 0 Å². The van der Waals surface area contributed by atoms with E-state index in [0.717, 1.165) is 11.1 Å². The van der Waals surface area contributed by atoms with Crippen molar-refractivity contribution in [2.45, 2.75) is 19.4 Å². The zero-order valence-corrected chi connectivity index (χ0v) is 12.4. The highest BCUT2D eigenvalue weighted by atomic mass is 35.5. The highest BCUT2D eigenvalue weighted by Gasteiger charge is 2.15. The number of halogens is 1. The number of amidine groups is 1. The van der Waals surface area contributed by atoms with E-state index in [1.807, 2.05) is 49.4 Å². The second-order valence-corrected chi connectivity index (χ2v) is 4.96. The molecule has 1 atom stereocenters. The maximum atomic E-state index is 8.73. The van der Waals surface area contributed by atoms with Crippen molar-refractivity contribution >= 4 is 17.4 Å². The SMILES string of the molecule is CCC(Oc1ccc(-c2ccccc2)cc1Cl)C(N)=NO. The van der Waals surface area contributed by atoms with Crippen molar-refractivity contribution in [1.29, 1.82) is 0 Å². The molecule has 2 aromatic carbocycles. The minimum absolute atomic E-state index is 0.0284. The second kappa shape index (κ2) is 6.99. The largest absolute Gasteiger partial charge is 0.481 e. The maximum absolute atomic E-state index is 8.73. The summed E-state index contributed by atoms with van der Waals surface area (Å²) >= 11 is 6.26. The zero-order chi connectivity index (χ0) is 15.2. The van der Waals surface area contributed by atoms with Crippen LogP contribution in [0.3, 0.4) is 0 Å². The van der Waals surface area contributed by atoms with E-state index in [1.54, 1.807) is 6.07 Å². The molecule has 0 radical (unpaired) electrons. The third-order valence-electron chi connectivity index (χ3n) is 3.12. The fraction of sp³-hybridized carbons (Fsp3) is 0.188. The quantitative estimate of drug-likeness (QED) is 0.381. The van der Waals surface area contributed by atoms with Crippen LogP contribution < -0.4 is 10.5 Å². The predicted molar refractivity (Wildman–Crippen MR) is 85.0 cm³/mol. The number of hydrogen-bond donors (Lipinski definition) is 2. The van der Waals surface area contributed by atoms with Gasteiger partial charge in [-0.2, -0.15) is 0 Å². The molecule has 0 aliphatic heterocycles. The molecule has 21 heavy (non-hydrogen) atoms. The second-order valence-electron chi connectivity index (χ2n) is 4.55. The molecule has 4 nitrogen and oxygen atoms in total. The molecular weight excluding hydrogens is 288 g/mol. The fourth-order valence-electron chi connectivity index (χ4n) is 1.98. The lowest BCUT2D eigenvalue weighted by molar-refractivity contribution is 0.247. The van der Waals surface area contributed by atoms with Crippen LogP contribution in [-0.2, 0) is 0 Å². The minimum Gasteiger partial charge on any atom is -0.481 e. The van der Waals surface area contributed by atoms with Crippen LogP contribution in [0.5, 0.6) is 5.75 Å². The van der Waals surface area contributed by atoms with Crippen molar-refractivity contribution in [3.63, 3.8) is 0 Å². The highest BCUT2D eigenvalue weighted by Crippen LogP contribution is 2.31. The van der Waals surface area contributed by atoms with Crippen LogP contribution >= 0.6 is 11.6 Å². The first-order valence-electron chi connectivity index (χ1n) is 6.64. The van der Waals surface area contributed by atoms with Gasteiger partial charge in [-0.3, -0.25) is 0 Å². The first kappa shape index (κ1) is 15.2. The summed E-state index contributed by atoms with van der Waals surface area (Å²) < 4.78 is 5.69. The summed E-state index contributed by atoms with van der Waals surface area (Å²) in [7, 11) is 0. The number of nitrogens with zero attached hydrogens (tertiary/aromatic N) is 1. The summed E-state index contributed by atoms with van der Waals surface area (Å²) in [5, 5.41) is 12.2. The maximum Gasteiger partial charge on any atom is 0.180 e. The molecule has 1 unspecified atom stereocenters. The van der Waals surface area contributed by atoms with Gasteiger partial charge in [0.2, 0.25) is 0 Å². The molecule has 2 rings (SSSR count). The Balaban J connectivity index is 2.24. The molecule has 0 aromatic heterocycles. The van der Waals surface area contributed by atoms with Crippen LogP contribution in [-0.4, -0.2) is 17.1 Å². The van der Waals surface area contributed by atoms with Crippen LogP contribution in [0.4, 0.5) is 0 Å². The molecule has 0 heterocycles. The Morgan fingerprint density at radius 3 is 2.52 bits per heavy atom. The number of nitrogens with two attached hydrogens (primary N) is 1. The Morgan fingerprint density at radius 1 is 1.24 bits per heavy atom. The number of ether oxygens (including phenoxy) is 1. The van der Waals surface area contributed by atoms with Gasteiger partial charge in [-0.15, -0.1) is 0 Å². The normalized spacial score (nSPS) is 13.0. The lowest BCUT2D eigenvalue weighted by Crippen LogP contribution is -2.33. The molecule has 0 bridgehead atoms. The molecule has 0 aliphatic rings. The van der Waals surface area contributed by atoms with Crippen LogP contribution in [0, 0.1) is 0 Å². The first-order valence-corrected chi connectivity index (χ1v) is 7.02. The molecule has 2 aromatic rings. The Bertz CT molecular complexity index is 629. The summed E-state index contributed by atoms with van der Waals surface area (Å²) in [5.74, 6) is 0.538. The van der Waals surface area contributed by atoms with Gasteiger partial charge < -0.3 is 15.7 Å². The van der Waals surface area contributed by atoms with E-state index in [0.29, 0.717) is 17.2 Å². The van der Waals surface area contributed by atoms with E-state index in [-0.39, 0.29) is 5.84 Å². The van der Waals surface area contributed by atoms with Crippen molar-refractivity contribution in [2.75, 3.05) is 0 Å². The number of benzene rings is 2. The summed E-state index contributed by atoms with van der Waals surface area (Å²) in [6.45, 7) is 1.88. The van der Waals surface area contributed by atoms with Crippen LogP contribution in [0.1, 0.15) is 13.3 Å². The average Bonchev–Trinajstić information content (AvgIpc) is 2.53. The van der Waals surface area contributed by atoms with Gasteiger partial charge in [-0.05, 0) is 29.7 Å². The third kappa shape index (κ3) is 3.67. The summed E-state index contributed by atoms with van der Waals surface area (Å²) in [6, 6.07) is 15.5. The van der Waals surface area contributed by atoms with Crippen molar-refractivity contribution in [3.8, 4) is 16.9 Å². The number of hydrogen-bond acceptors (Lipinski definition) is 3. The molecule has 0 amide bonds. The first-order chi connectivity index (χ1) is 10.2. The highest BCUT2D eigenvalue weighted by molar-refractivity contribution is 6.32. The molecule has 0 saturated heterocycles. The van der Waals surface area contributed by atoms with E-state index >= 15 is 0 Å². The topological polar surface area (TPSA) is 67.8 Å². The van der Waals surface area contributed by atoms with E-state index in [2.05, 4.69) is 5.16 Å². The van der Waals surface area contributed by atoms with Crippen molar-refractivity contribution in [3.05, 3.63) is 53.6 Å². The summed E-state index contributed by atoms with van der Waals surface area (Å²) in [4.78, 5) is 0. The van der Waals surface area contributed by atoms with E-state index < -0.39 is 6.10 Å². The van der Waals surface area contributed by atoms with Gasteiger partial charge in [0, 0.05) is 0 Å². The number of rotatable bonds is 5. The molecule has 0 spiro atoms. The minimum atomic E-state index is -0.505. The van der Waals surface area contributed by atoms with Gasteiger partial charge in [0.15, 0.2) is 11.9 Å². The fourth-order valence-corrected chi connectivity index (χ4v) is 2.20. The molecule has 3 N–H and O–H groups in total. The Labute approximate surface area is 128 Å². The van der Waals surface area contributed by atoms with Crippen LogP contribution in [0.25, 0.3) is 11.1 Å². The molecule has 0 aliphatic carbocycles. The van der Waals surface area contributed by atoms with E-state index in [4.69, 9.17) is 27.3 Å². The monoisotopic (exact) mass is 304 g/mol. The van der Waals surface area contributed by atoms with E-state index in [1.165, 1.54) is 0 Å². The van der Waals surface area contributed by atoms with Gasteiger partial charge in [0.05, 0.1) is 5.02 Å². The van der Waals surface area contributed by atoms with Gasteiger partial charge in [0.1, 0.15) is 5.75 Å².